The highest BCUT2D eigenvalue weighted by Gasteiger charge is 2.77. The lowest BCUT2D eigenvalue weighted by Crippen LogP contribution is -2.50. The van der Waals surface area contributed by atoms with Gasteiger partial charge in [-0.25, -0.2) is 0 Å². The third kappa shape index (κ3) is 2.32. The molecule has 3 heteroatoms. The van der Waals surface area contributed by atoms with Crippen LogP contribution in [0.5, 0.6) is 0 Å². The molecule has 0 aromatic carbocycles. The van der Waals surface area contributed by atoms with Gasteiger partial charge in [0.15, 0.2) is 0 Å². The largest absolute Gasteiger partial charge is 0.369 e. The molecule has 0 aromatic heterocycles. The van der Waals surface area contributed by atoms with E-state index in [9.17, 15) is 0 Å². The molecule has 0 aromatic rings. The fourth-order valence-corrected chi connectivity index (χ4v) is 4.55. The molecule has 3 fully saturated rings. The molecular formula is C17H30O3. The molecule has 1 aliphatic heterocycles. The molecule has 20 heavy (non-hydrogen) atoms. The van der Waals surface area contributed by atoms with Crippen molar-refractivity contribution in [2.24, 2.45) is 5.92 Å². The number of fused-ring (bicyclic) bond motifs is 3. The fourth-order valence-electron chi connectivity index (χ4n) is 4.55. The minimum atomic E-state index is -0.134. The lowest BCUT2D eigenvalue weighted by Gasteiger charge is -2.40. The number of hydrogen-bond acceptors (Lipinski definition) is 3. The first-order chi connectivity index (χ1) is 8.96. The van der Waals surface area contributed by atoms with Gasteiger partial charge in [-0.2, -0.15) is 0 Å². The molecule has 1 heterocycles. The average Bonchev–Trinajstić information content (AvgIpc) is 2.60. The Morgan fingerprint density at radius 1 is 0.900 bits per heavy atom. The van der Waals surface area contributed by atoms with Gasteiger partial charge in [-0.1, -0.05) is 0 Å². The summed E-state index contributed by atoms with van der Waals surface area (Å²) in [6.45, 7) is 15.0. The zero-order valence-electron chi connectivity index (χ0n) is 14.1. The number of ether oxygens (including phenoxy) is 3. The van der Waals surface area contributed by atoms with Crippen LogP contribution in [0.15, 0.2) is 0 Å². The van der Waals surface area contributed by atoms with Gasteiger partial charge in [-0.15, -0.1) is 0 Å². The van der Waals surface area contributed by atoms with Crippen molar-refractivity contribution in [1.82, 2.24) is 0 Å². The van der Waals surface area contributed by atoms with Crippen LogP contribution in [0.3, 0.4) is 0 Å². The van der Waals surface area contributed by atoms with Gasteiger partial charge >= 0.3 is 0 Å². The first-order valence-electron chi connectivity index (χ1n) is 8.02. The first kappa shape index (κ1) is 14.8. The summed E-state index contributed by atoms with van der Waals surface area (Å²) < 4.78 is 19.3. The molecule has 116 valence electrons. The van der Waals surface area contributed by atoms with Crippen molar-refractivity contribution in [2.75, 3.05) is 0 Å². The van der Waals surface area contributed by atoms with Gasteiger partial charge in [-0.3, -0.25) is 0 Å². The maximum atomic E-state index is 6.52. The Kier molecular flexibility index (Phi) is 2.96. The zero-order chi connectivity index (χ0) is 15.0. The summed E-state index contributed by atoms with van der Waals surface area (Å²) in [7, 11) is 0. The number of hydrogen-bond donors (Lipinski definition) is 0. The second-order valence-electron chi connectivity index (χ2n) is 9.08. The molecule has 5 atom stereocenters. The Labute approximate surface area is 123 Å². The summed E-state index contributed by atoms with van der Waals surface area (Å²) in [5, 5.41) is 0. The fraction of sp³-hybridized carbons (Fsp3) is 1.00. The minimum Gasteiger partial charge on any atom is -0.369 e. The van der Waals surface area contributed by atoms with E-state index < -0.39 is 0 Å². The SMILES string of the molecule is C[C@H]1C[C@@]2(OC(C)(C)C)C[C@@H]3C[C@]3(OC(C)(C)C)[C@H]2O1. The summed E-state index contributed by atoms with van der Waals surface area (Å²) in [6.07, 6.45) is 3.60. The van der Waals surface area contributed by atoms with Crippen LogP contribution < -0.4 is 0 Å². The highest BCUT2D eigenvalue weighted by atomic mass is 16.6. The predicted molar refractivity (Wildman–Crippen MR) is 78.8 cm³/mol. The molecular weight excluding hydrogens is 252 g/mol. The normalized spacial score (nSPS) is 47.2. The third-order valence-corrected chi connectivity index (χ3v) is 4.62. The van der Waals surface area contributed by atoms with Crippen molar-refractivity contribution in [3.05, 3.63) is 0 Å². The summed E-state index contributed by atoms with van der Waals surface area (Å²) in [6, 6.07) is 0. The van der Waals surface area contributed by atoms with Gasteiger partial charge in [0.1, 0.15) is 17.3 Å². The van der Waals surface area contributed by atoms with E-state index in [1.54, 1.807) is 0 Å². The smallest absolute Gasteiger partial charge is 0.116 e. The van der Waals surface area contributed by atoms with Crippen LogP contribution in [0.2, 0.25) is 0 Å². The Balaban J connectivity index is 1.87. The molecule has 3 rings (SSSR count). The molecule has 0 amide bonds. The van der Waals surface area contributed by atoms with E-state index in [2.05, 4.69) is 48.5 Å². The van der Waals surface area contributed by atoms with E-state index in [1.165, 1.54) is 0 Å². The molecule has 2 aliphatic carbocycles. The summed E-state index contributed by atoms with van der Waals surface area (Å²) >= 11 is 0. The predicted octanol–water partition coefficient (Wildman–Crippen LogP) is 3.70. The van der Waals surface area contributed by atoms with E-state index in [0.29, 0.717) is 5.92 Å². The lowest BCUT2D eigenvalue weighted by molar-refractivity contribution is -0.196. The van der Waals surface area contributed by atoms with Gasteiger partial charge in [0.2, 0.25) is 0 Å². The summed E-state index contributed by atoms with van der Waals surface area (Å²) in [5.74, 6) is 0.613. The van der Waals surface area contributed by atoms with E-state index in [4.69, 9.17) is 14.2 Å². The second kappa shape index (κ2) is 3.99. The second-order valence-corrected chi connectivity index (χ2v) is 9.08. The highest BCUT2D eigenvalue weighted by molar-refractivity contribution is 5.27. The maximum absolute atomic E-state index is 6.52. The lowest BCUT2D eigenvalue weighted by atomic mass is 9.90. The van der Waals surface area contributed by atoms with E-state index in [0.717, 1.165) is 19.3 Å². The van der Waals surface area contributed by atoms with E-state index >= 15 is 0 Å². The van der Waals surface area contributed by atoms with Crippen LogP contribution in [-0.2, 0) is 14.2 Å². The van der Waals surface area contributed by atoms with Crippen molar-refractivity contribution >= 4 is 0 Å². The number of rotatable bonds is 2. The van der Waals surface area contributed by atoms with Crippen LogP contribution in [0.4, 0.5) is 0 Å². The van der Waals surface area contributed by atoms with Gasteiger partial charge in [0.25, 0.3) is 0 Å². The van der Waals surface area contributed by atoms with E-state index in [-0.39, 0.29) is 34.6 Å². The van der Waals surface area contributed by atoms with Crippen molar-refractivity contribution in [3.63, 3.8) is 0 Å². The Bertz CT molecular complexity index is 405. The molecule has 0 radical (unpaired) electrons. The van der Waals surface area contributed by atoms with Crippen molar-refractivity contribution < 1.29 is 14.2 Å². The Morgan fingerprint density at radius 2 is 1.50 bits per heavy atom. The summed E-state index contributed by atoms with van der Waals surface area (Å²) in [5.41, 5.74) is -0.479. The molecule has 3 nitrogen and oxygen atoms in total. The topological polar surface area (TPSA) is 27.7 Å². The average molecular weight is 282 g/mol. The molecule has 3 aliphatic rings. The van der Waals surface area contributed by atoms with Gasteiger partial charge in [-0.05, 0) is 67.2 Å². The first-order valence-corrected chi connectivity index (χ1v) is 8.02. The monoisotopic (exact) mass is 282 g/mol. The van der Waals surface area contributed by atoms with Gasteiger partial charge in [0, 0.05) is 6.42 Å². The Morgan fingerprint density at radius 3 is 2.05 bits per heavy atom. The van der Waals surface area contributed by atoms with Gasteiger partial charge < -0.3 is 14.2 Å². The molecule has 0 bridgehead atoms. The Hall–Kier alpha value is -0.120. The van der Waals surface area contributed by atoms with E-state index in [1.807, 2.05) is 0 Å². The minimum absolute atomic E-state index is 0.0890. The quantitative estimate of drug-likeness (QED) is 0.773. The van der Waals surface area contributed by atoms with Crippen LogP contribution >= 0.6 is 0 Å². The van der Waals surface area contributed by atoms with Crippen molar-refractivity contribution in [2.45, 2.75) is 102 Å². The highest BCUT2D eigenvalue weighted by Crippen LogP contribution is 2.68. The molecule has 0 N–H and O–H groups in total. The maximum Gasteiger partial charge on any atom is 0.116 e. The van der Waals surface area contributed by atoms with Crippen LogP contribution in [0.25, 0.3) is 0 Å². The van der Waals surface area contributed by atoms with Crippen molar-refractivity contribution in [3.8, 4) is 0 Å². The van der Waals surface area contributed by atoms with Crippen LogP contribution in [0.1, 0.15) is 67.7 Å². The molecule has 0 spiro atoms. The third-order valence-electron chi connectivity index (χ3n) is 4.62. The molecule has 2 saturated carbocycles. The molecule has 0 unspecified atom stereocenters. The van der Waals surface area contributed by atoms with Crippen LogP contribution in [-0.4, -0.2) is 34.6 Å². The van der Waals surface area contributed by atoms with Gasteiger partial charge in [0.05, 0.1) is 17.3 Å². The standard InChI is InChI=1S/C17H30O3/c1-11-8-16(19-14(2,3)4)9-12-10-17(12,13(16)18-11)20-15(5,6)7/h11-13H,8-10H2,1-7H3/t11-,12+,13-,16+,17+/m0/s1. The van der Waals surface area contributed by atoms with Crippen LogP contribution in [0, 0.1) is 5.92 Å². The van der Waals surface area contributed by atoms with Crippen molar-refractivity contribution in [1.29, 1.82) is 0 Å². The molecule has 1 saturated heterocycles. The summed E-state index contributed by atoms with van der Waals surface area (Å²) in [4.78, 5) is 0. The zero-order valence-corrected chi connectivity index (χ0v) is 14.1.